The maximum Gasteiger partial charge on any atom is 0.410 e. The molecular weight excluding hydrogens is 282 g/mol. The molecule has 0 saturated carbocycles. The van der Waals surface area contributed by atoms with Gasteiger partial charge in [-0.05, 0) is 32.9 Å². The summed E-state index contributed by atoms with van der Waals surface area (Å²) >= 11 is 0. The Kier molecular flexibility index (Phi) is 5.74. The summed E-state index contributed by atoms with van der Waals surface area (Å²) in [6.45, 7) is 8.57. The van der Waals surface area contributed by atoms with Crippen LogP contribution in [0.25, 0.3) is 0 Å². The van der Waals surface area contributed by atoms with Crippen molar-refractivity contribution in [1.29, 1.82) is 0 Å². The standard InChI is InChI=1S/C16H25N3O3/c1-16(2,3)22-15(20)19-8-9-21-12-14(19)11-17-10-13-6-4-5-7-18-13/h4-7,14,17H,8-12H2,1-3H3. The highest BCUT2D eigenvalue weighted by Gasteiger charge is 2.30. The number of nitrogens with zero attached hydrogens (tertiary/aromatic N) is 2. The summed E-state index contributed by atoms with van der Waals surface area (Å²) in [4.78, 5) is 18.3. The molecule has 1 aliphatic heterocycles. The van der Waals surface area contributed by atoms with Crippen LogP contribution in [0.4, 0.5) is 4.79 Å². The normalized spacial score (nSPS) is 19.0. The fourth-order valence-corrected chi connectivity index (χ4v) is 2.25. The van der Waals surface area contributed by atoms with E-state index < -0.39 is 5.60 Å². The van der Waals surface area contributed by atoms with Gasteiger partial charge in [0, 0.05) is 25.8 Å². The van der Waals surface area contributed by atoms with Gasteiger partial charge < -0.3 is 14.8 Å². The average Bonchev–Trinajstić information content (AvgIpc) is 2.47. The second-order valence-electron chi connectivity index (χ2n) is 6.35. The molecule has 0 bridgehead atoms. The molecule has 1 aromatic rings. The molecule has 0 aliphatic carbocycles. The zero-order valence-electron chi connectivity index (χ0n) is 13.5. The second kappa shape index (κ2) is 7.56. The first-order valence-electron chi connectivity index (χ1n) is 7.64. The van der Waals surface area contributed by atoms with Gasteiger partial charge in [0.1, 0.15) is 5.60 Å². The molecule has 1 fully saturated rings. The van der Waals surface area contributed by atoms with Crippen molar-refractivity contribution in [3.8, 4) is 0 Å². The number of ether oxygens (including phenoxy) is 2. The fraction of sp³-hybridized carbons (Fsp3) is 0.625. The van der Waals surface area contributed by atoms with Gasteiger partial charge in [-0.15, -0.1) is 0 Å². The van der Waals surface area contributed by atoms with Gasteiger partial charge in [0.2, 0.25) is 0 Å². The highest BCUT2D eigenvalue weighted by molar-refractivity contribution is 5.68. The van der Waals surface area contributed by atoms with Crippen molar-refractivity contribution in [2.45, 2.75) is 39.0 Å². The first-order chi connectivity index (χ1) is 10.5. The minimum Gasteiger partial charge on any atom is -0.444 e. The van der Waals surface area contributed by atoms with E-state index in [9.17, 15) is 4.79 Å². The van der Waals surface area contributed by atoms with Crippen molar-refractivity contribution in [1.82, 2.24) is 15.2 Å². The maximum absolute atomic E-state index is 12.3. The number of carbonyl (C=O) groups excluding carboxylic acids is 1. The Bertz CT molecular complexity index is 473. The summed E-state index contributed by atoms with van der Waals surface area (Å²) in [5.74, 6) is 0. The third-order valence-electron chi connectivity index (χ3n) is 3.27. The Hall–Kier alpha value is -1.66. The summed E-state index contributed by atoms with van der Waals surface area (Å²) < 4.78 is 11.0. The number of carbonyl (C=O) groups is 1. The molecule has 0 radical (unpaired) electrons. The van der Waals surface area contributed by atoms with Gasteiger partial charge >= 0.3 is 6.09 Å². The molecule has 1 aromatic heterocycles. The predicted molar refractivity (Wildman–Crippen MR) is 83.5 cm³/mol. The number of aromatic nitrogens is 1. The molecule has 2 heterocycles. The number of rotatable bonds is 4. The largest absolute Gasteiger partial charge is 0.444 e. The van der Waals surface area contributed by atoms with E-state index in [-0.39, 0.29) is 12.1 Å². The average molecular weight is 307 g/mol. The molecule has 1 unspecified atom stereocenters. The van der Waals surface area contributed by atoms with Crippen molar-refractivity contribution in [3.63, 3.8) is 0 Å². The van der Waals surface area contributed by atoms with Crippen molar-refractivity contribution in [2.24, 2.45) is 0 Å². The quantitative estimate of drug-likeness (QED) is 0.919. The Morgan fingerprint density at radius 2 is 2.32 bits per heavy atom. The lowest BCUT2D eigenvalue weighted by atomic mass is 10.2. The van der Waals surface area contributed by atoms with Crippen molar-refractivity contribution < 1.29 is 14.3 Å². The Morgan fingerprint density at radius 1 is 1.50 bits per heavy atom. The van der Waals surface area contributed by atoms with Crippen LogP contribution in [0.15, 0.2) is 24.4 Å². The molecule has 1 amide bonds. The molecule has 122 valence electrons. The van der Waals surface area contributed by atoms with Crippen LogP contribution in [0.1, 0.15) is 26.5 Å². The Labute approximate surface area is 131 Å². The summed E-state index contributed by atoms with van der Waals surface area (Å²) in [6.07, 6.45) is 1.49. The number of amides is 1. The number of nitrogens with one attached hydrogen (secondary N) is 1. The molecule has 1 atom stereocenters. The predicted octanol–water partition coefficient (Wildman–Crippen LogP) is 1.81. The summed E-state index contributed by atoms with van der Waals surface area (Å²) in [6, 6.07) is 5.80. The molecule has 22 heavy (non-hydrogen) atoms. The molecule has 2 rings (SSSR count). The minimum absolute atomic E-state index is 0.0210. The minimum atomic E-state index is -0.485. The fourth-order valence-electron chi connectivity index (χ4n) is 2.25. The first kappa shape index (κ1) is 16.7. The van der Waals surface area contributed by atoms with E-state index in [1.165, 1.54) is 0 Å². The van der Waals surface area contributed by atoms with E-state index in [2.05, 4.69) is 10.3 Å². The maximum atomic E-state index is 12.3. The summed E-state index contributed by atoms with van der Waals surface area (Å²) in [5.41, 5.74) is 0.490. The van der Waals surface area contributed by atoms with E-state index in [0.717, 1.165) is 5.69 Å². The van der Waals surface area contributed by atoms with Gasteiger partial charge in [-0.1, -0.05) is 6.07 Å². The highest BCUT2D eigenvalue weighted by Crippen LogP contribution is 2.14. The zero-order valence-corrected chi connectivity index (χ0v) is 13.5. The molecule has 6 heteroatoms. The molecule has 1 saturated heterocycles. The third kappa shape index (κ3) is 5.27. The van der Waals surface area contributed by atoms with Crippen LogP contribution >= 0.6 is 0 Å². The lowest BCUT2D eigenvalue weighted by Gasteiger charge is -2.36. The number of hydrogen-bond acceptors (Lipinski definition) is 5. The van der Waals surface area contributed by atoms with Gasteiger partial charge in [-0.25, -0.2) is 4.79 Å². The van der Waals surface area contributed by atoms with Crippen LogP contribution in [0, 0.1) is 0 Å². The topological polar surface area (TPSA) is 63.7 Å². The second-order valence-corrected chi connectivity index (χ2v) is 6.35. The van der Waals surface area contributed by atoms with E-state index in [1.807, 2.05) is 39.0 Å². The van der Waals surface area contributed by atoms with Crippen LogP contribution in [-0.4, -0.2) is 53.9 Å². The molecule has 0 spiro atoms. The Morgan fingerprint density at radius 3 is 3.00 bits per heavy atom. The monoisotopic (exact) mass is 307 g/mol. The lowest BCUT2D eigenvalue weighted by molar-refractivity contribution is -0.0317. The van der Waals surface area contributed by atoms with Gasteiger partial charge in [0.05, 0.1) is 24.9 Å². The number of hydrogen-bond donors (Lipinski definition) is 1. The molecule has 6 nitrogen and oxygen atoms in total. The van der Waals surface area contributed by atoms with E-state index >= 15 is 0 Å². The van der Waals surface area contributed by atoms with E-state index in [4.69, 9.17) is 9.47 Å². The van der Waals surface area contributed by atoms with Crippen LogP contribution in [-0.2, 0) is 16.0 Å². The summed E-state index contributed by atoms with van der Waals surface area (Å²) in [5, 5.41) is 3.33. The van der Waals surface area contributed by atoms with Gasteiger partial charge in [0.25, 0.3) is 0 Å². The highest BCUT2D eigenvalue weighted by atomic mass is 16.6. The van der Waals surface area contributed by atoms with Crippen LogP contribution in [0.2, 0.25) is 0 Å². The van der Waals surface area contributed by atoms with Crippen molar-refractivity contribution in [2.75, 3.05) is 26.3 Å². The lowest BCUT2D eigenvalue weighted by Crippen LogP contribution is -2.54. The SMILES string of the molecule is CC(C)(C)OC(=O)N1CCOCC1CNCc1ccccn1. The Balaban J connectivity index is 1.85. The first-order valence-corrected chi connectivity index (χ1v) is 7.64. The molecule has 1 aliphatic rings. The van der Waals surface area contributed by atoms with Crippen LogP contribution < -0.4 is 5.32 Å². The third-order valence-corrected chi connectivity index (χ3v) is 3.27. The molecule has 0 aromatic carbocycles. The van der Waals surface area contributed by atoms with Gasteiger partial charge in [-0.3, -0.25) is 9.88 Å². The van der Waals surface area contributed by atoms with Crippen molar-refractivity contribution in [3.05, 3.63) is 30.1 Å². The van der Waals surface area contributed by atoms with Crippen LogP contribution in [0.5, 0.6) is 0 Å². The van der Waals surface area contributed by atoms with Gasteiger partial charge in [0.15, 0.2) is 0 Å². The zero-order chi connectivity index (χ0) is 16.0. The van der Waals surface area contributed by atoms with E-state index in [0.29, 0.717) is 32.8 Å². The summed E-state index contributed by atoms with van der Waals surface area (Å²) in [7, 11) is 0. The molecular formula is C16H25N3O3. The smallest absolute Gasteiger partial charge is 0.410 e. The number of pyridine rings is 1. The van der Waals surface area contributed by atoms with Crippen LogP contribution in [0.3, 0.4) is 0 Å². The molecule has 1 N–H and O–H groups in total. The number of morpholine rings is 1. The van der Waals surface area contributed by atoms with E-state index in [1.54, 1.807) is 11.1 Å². The van der Waals surface area contributed by atoms with Gasteiger partial charge in [-0.2, -0.15) is 0 Å². The van der Waals surface area contributed by atoms with Crippen molar-refractivity contribution >= 4 is 6.09 Å².